The van der Waals surface area contributed by atoms with Crippen molar-refractivity contribution in [3.8, 4) is 5.75 Å². The number of aryl methyl sites for hydroxylation is 2. The molecule has 0 saturated carbocycles. The van der Waals surface area contributed by atoms with E-state index >= 15 is 0 Å². The van der Waals surface area contributed by atoms with Gasteiger partial charge in [0.05, 0.1) is 19.6 Å². The Hall–Kier alpha value is -3.19. The first-order chi connectivity index (χ1) is 15.9. The van der Waals surface area contributed by atoms with Gasteiger partial charge in [0, 0.05) is 25.4 Å². The number of hydrogen-bond donors (Lipinski definition) is 1. The van der Waals surface area contributed by atoms with Gasteiger partial charge in [0.2, 0.25) is 11.8 Å². The molecule has 1 atom stereocenters. The van der Waals surface area contributed by atoms with E-state index in [-0.39, 0.29) is 43.4 Å². The predicted molar refractivity (Wildman–Crippen MR) is 125 cm³/mol. The summed E-state index contributed by atoms with van der Waals surface area (Å²) < 4.78 is 11.0. The maximum atomic E-state index is 12.1. The number of hydrogen-bond acceptors (Lipinski definition) is 6. The maximum Gasteiger partial charge on any atom is 0.307 e. The second-order valence-electron chi connectivity index (χ2n) is 8.24. The predicted octanol–water partition coefficient (Wildman–Crippen LogP) is 3.62. The number of rotatable bonds is 11. The van der Waals surface area contributed by atoms with Crippen LogP contribution in [0.5, 0.6) is 5.75 Å². The summed E-state index contributed by atoms with van der Waals surface area (Å²) in [5, 5.41) is 3.47. The summed E-state index contributed by atoms with van der Waals surface area (Å²) >= 11 is 0. The van der Waals surface area contributed by atoms with E-state index in [2.05, 4.69) is 5.32 Å². The lowest BCUT2D eigenvalue weighted by Crippen LogP contribution is -2.33. The Kier molecular flexibility index (Phi) is 8.60. The van der Waals surface area contributed by atoms with Crippen molar-refractivity contribution in [3.63, 3.8) is 0 Å². The lowest BCUT2D eigenvalue weighted by Gasteiger charge is -2.20. The molecular weight excluding hydrogens is 420 g/mol. The summed E-state index contributed by atoms with van der Waals surface area (Å²) in [6.07, 6.45) is 0.837. The molecule has 7 nitrogen and oxygen atoms in total. The van der Waals surface area contributed by atoms with Crippen molar-refractivity contribution in [1.82, 2.24) is 10.2 Å². The van der Waals surface area contributed by atoms with Crippen molar-refractivity contribution >= 4 is 17.8 Å². The van der Waals surface area contributed by atoms with E-state index in [1.165, 1.54) is 10.5 Å². The molecule has 2 aromatic carbocycles. The molecule has 1 aliphatic heterocycles. The highest BCUT2D eigenvalue weighted by atomic mass is 16.5. The van der Waals surface area contributed by atoms with E-state index in [0.29, 0.717) is 26.0 Å². The average Bonchev–Trinajstić information content (AvgIpc) is 3.11. The molecule has 1 heterocycles. The van der Waals surface area contributed by atoms with Crippen LogP contribution in [-0.4, -0.2) is 42.4 Å². The molecule has 0 spiro atoms. The molecule has 176 valence electrons. The summed E-state index contributed by atoms with van der Waals surface area (Å²) in [6.45, 7) is 7.28. The van der Waals surface area contributed by atoms with Crippen molar-refractivity contribution in [1.29, 1.82) is 0 Å². The van der Waals surface area contributed by atoms with Gasteiger partial charge in [0.1, 0.15) is 12.4 Å². The fourth-order valence-electron chi connectivity index (χ4n) is 3.84. The van der Waals surface area contributed by atoms with Gasteiger partial charge in [-0.3, -0.25) is 19.3 Å². The Morgan fingerprint density at radius 1 is 1.06 bits per heavy atom. The van der Waals surface area contributed by atoms with Crippen molar-refractivity contribution in [3.05, 3.63) is 64.7 Å². The van der Waals surface area contributed by atoms with Gasteiger partial charge in [0.25, 0.3) is 0 Å². The van der Waals surface area contributed by atoms with E-state index in [4.69, 9.17) is 9.47 Å². The second kappa shape index (κ2) is 11.6. The summed E-state index contributed by atoms with van der Waals surface area (Å²) in [4.78, 5) is 36.8. The number of ether oxygens (including phenoxy) is 2. The maximum absolute atomic E-state index is 12.1. The zero-order valence-corrected chi connectivity index (χ0v) is 19.6. The van der Waals surface area contributed by atoms with Crippen LogP contribution in [0.1, 0.15) is 54.5 Å². The number of carbonyl (C=O) groups excluding carboxylic acids is 3. The Morgan fingerprint density at radius 2 is 1.76 bits per heavy atom. The molecule has 2 amide bonds. The number of amides is 2. The fourth-order valence-corrected chi connectivity index (χ4v) is 3.84. The monoisotopic (exact) mass is 452 g/mol. The van der Waals surface area contributed by atoms with Crippen molar-refractivity contribution < 1.29 is 23.9 Å². The molecule has 1 fully saturated rings. The van der Waals surface area contributed by atoms with Crippen LogP contribution >= 0.6 is 0 Å². The average molecular weight is 453 g/mol. The van der Waals surface area contributed by atoms with Crippen molar-refractivity contribution in [2.75, 3.05) is 19.8 Å². The standard InChI is InChI=1S/C26H32N2O5/c1-4-32-26(31)16-22(21-8-5-18(2)6-9-21)27-17-20-7-10-23(19(3)15-20)33-14-13-28-24(29)11-12-25(28)30/h5-10,15,22,27H,4,11-14,16-17H2,1-3H3. The first-order valence-electron chi connectivity index (χ1n) is 11.4. The lowest BCUT2D eigenvalue weighted by atomic mass is 10.0. The molecule has 0 aliphatic carbocycles. The highest BCUT2D eigenvalue weighted by Crippen LogP contribution is 2.22. The number of carbonyl (C=O) groups is 3. The van der Waals surface area contributed by atoms with E-state index < -0.39 is 0 Å². The first kappa shape index (κ1) is 24.5. The molecule has 1 saturated heterocycles. The molecule has 1 unspecified atom stereocenters. The molecule has 3 rings (SSSR count). The largest absolute Gasteiger partial charge is 0.491 e. The molecule has 1 N–H and O–H groups in total. The lowest BCUT2D eigenvalue weighted by molar-refractivity contribution is -0.144. The van der Waals surface area contributed by atoms with E-state index in [1.807, 2.05) is 56.3 Å². The number of likely N-dealkylation sites (tertiary alicyclic amines) is 1. The summed E-state index contributed by atoms with van der Waals surface area (Å²) in [5.41, 5.74) is 4.23. The van der Waals surface area contributed by atoms with Crippen LogP contribution < -0.4 is 10.1 Å². The Bertz CT molecular complexity index is 971. The molecule has 7 heteroatoms. The summed E-state index contributed by atoms with van der Waals surface area (Å²) in [6, 6.07) is 13.9. The smallest absolute Gasteiger partial charge is 0.307 e. The number of esters is 1. The number of benzene rings is 2. The number of nitrogens with one attached hydrogen (secondary N) is 1. The Labute approximate surface area is 195 Å². The van der Waals surface area contributed by atoms with Crippen LogP contribution in [0.15, 0.2) is 42.5 Å². The summed E-state index contributed by atoms with van der Waals surface area (Å²) in [5.74, 6) is 0.227. The van der Waals surface area contributed by atoms with Gasteiger partial charge in [-0.25, -0.2) is 0 Å². The van der Waals surface area contributed by atoms with E-state index in [1.54, 1.807) is 6.92 Å². The van der Waals surface area contributed by atoms with Gasteiger partial charge >= 0.3 is 5.97 Å². The van der Waals surface area contributed by atoms with Gasteiger partial charge in [-0.15, -0.1) is 0 Å². The molecule has 0 radical (unpaired) electrons. The molecule has 1 aliphatic rings. The van der Waals surface area contributed by atoms with Crippen LogP contribution in [0, 0.1) is 13.8 Å². The van der Waals surface area contributed by atoms with E-state index in [9.17, 15) is 14.4 Å². The fraction of sp³-hybridized carbons (Fsp3) is 0.423. The quantitative estimate of drug-likeness (QED) is 0.414. The number of imide groups is 1. The van der Waals surface area contributed by atoms with Crippen LogP contribution in [0.2, 0.25) is 0 Å². The molecule has 0 aromatic heterocycles. The zero-order valence-electron chi connectivity index (χ0n) is 19.6. The zero-order chi connectivity index (χ0) is 23.8. The minimum absolute atomic E-state index is 0.132. The second-order valence-corrected chi connectivity index (χ2v) is 8.24. The van der Waals surface area contributed by atoms with Crippen molar-refractivity contribution in [2.45, 2.75) is 52.6 Å². The van der Waals surface area contributed by atoms with Crippen LogP contribution in [-0.2, 0) is 25.7 Å². The van der Waals surface area contributed by atoms with Crippen molar-refractivity contribution in [2.24, 2.45) is 0 Å². The van der Waals surface area contributed by atoms with Crippen LogP contribution in [0.25, 0.3) is 0 Å². The molecule has 33 heavy (non-hydrogen) atoms. The third kappa shape index (κ3) is 6.89. The highest BCUT2D eigenvalue weighted by molar-refractivity contribution is 6.01. The normalized spacial score (nSPS) is 14.5. The SMILES string of the molecule is CCOC(=O)CC(NCc1ccc(OCCN2C(=O)CCC2=O)c(C)c1)c1ccc(C)cc1. The first-order valence-corrected chi connectivity index (χ1v) is 11.4. The van der Waals surface area contributed by atoms with E-state index in [0.717, 1.165) is 22.4 Å². The van der Waals surface area contributed by atoms with Gasteiger partial charge < -0.3 is 14.8 Å². The number of nitrogens with zero attached hydrogens (tertiary/aromatic N) is 1. The third-order valence-corrected chi connectivity index (χ3v) is 5.68. The highest BCUT2D eigenvalue weighted by Gasteiger charge is 2.28. The van der Waals surface area contributed by atoms with Gasteiger partial charge in [-0.1, -0.05) is 42.0 Å². The van der Waals surface area contributed by atoms with Gasteiger partial charge in [-0.05, 0) is 43.5 Å². The van der Waals surface area contributed by atoms with Gasteiger partial charge in [0.15, 0.2) is 0 Å². The third-order valence-electron chi connectivity index (χ3n) is 5.68. The van der Waals surface area contributed by atoms with Crippen LogP contribution in [0.4, 0.5) is 0 Å². The molecular formula is C26H32N2O5. The van der Waals surface area contributed by atoms with Crippen LogP contribution in [0.3, 0.4) is 0 Å². The minimum Gasteiger partial charge on any atom is -0.491 e. The Morgan fingerprint density at radius 3 is 2.39 bits per heavy atom. The summed E-state index contributed by atoms with van der Waals surface area (Å²) in [7, 11) is 0. The molecule has 2 aromatic rings. The topological polar surface area (TPSA) is 84.9 Å². The Balaban J connectivity index is 1.58. The minimum atomic E-state index is -0.231. The molecule has 0 bridgehead atoms. The van der Waals surface area contributed by atoms with Gasteiger partial charge in [-0.2, -0.15) is 0 Å².